The zero-order valence-corrected chi connectivity index (χ0v) is 13.7. The number of ether oxygens (including phenoxy) is 1. The fourth-order valence-electron chi connectivity index (χ4n) is 1.62. The maximum absolute atomic E-state index is 11.8. The Morgan fingerprint density at radius 3 is 2.62 bits per heavy atom. The molecule has 2 atom stereocenters. The minimum atomic E-state index is -0.876. The molecule has 0 fully saturated rings. The highest BCUT2D eigenvalue weighted by Gasteiger charge is 2.19. The summed E-state index contributed by atoms with van der Waals surface area (Å²) in [4.78, 5) is 23.1. The Morgan fingerprint density at radius 2 is 2.05 bits per heavy atom. The lowest BCUT2D eigenvalue weighted by Crippen LogP contribution is -2.45. The van der Waals surface area contributed by atoms with Crippen LogP contribution >= 0.6 is 15.9 Å². The molecule has 0 saturated heterocycles. The molecule has 0 aliphatic heterocycles. The van der Waals surface area contributed by atoms with Crippen LogP contribution < -0.4 is 15.4 Å². The van der Waals surface area contributed by atoms with E-state index in [9.17, 15) is 14.7 Å². The maximum Gasteiger partial charge on any atom is 0.321 e. The van der Waals surface area contributed by atoms with Gasteiger partial charge in [-0.2, -0.15) is 0 Å². The Hall–Kier alpha value is -1.60. The summed E-state index contributed by atoms with van der Waals surface area (Å²) in [5.74, 6) is -0.171. The molecule has 0 radical (unpaired) electrons. The van der Waals surface area contributed by atoms with Gasteiger partial charge in [-0.05, 0) is 32.9 Å². The van der Waals surface area contributed by atoms with Gasteiger partial charge in [0, 0.05) is 16.6 Å². The molecule has 0 spiro atoms. The summed E-state index contributed by atoms with van der Waals surface area (Å²) in [6.45, 7) is 5.31. The van der Waals surface area contributed by atoms with Crippen LogP contribution in [0.15, 0.2) is 22.7 Å². The quantitative estimate of drug-likeness (QED) is 0.752. The van der Waals surface area contributed by atoms with Crippen molar-refractivity contribution in [1.29, 1.82) is 0 Å². The molecule has 0 heterocycles. The summed E-state index contributed by atoms with van der Waals surface area (Å²) in [7, 11) is 0. The number of amides is 3. The van der Waals surface area contributed by atoms with Gasteiger partial charge in [-0.1, -0.05) is 22.0 Å². The van der Waals surface area contributed by atoms with Crippen molar-refractivity contribution in [3.63, 3.8) is 0 Å². The molecule has 0 bridgehead atoms. The molecular formula is C14H19BrN2O4. The smallest absolute Gasteiger partial charge is 0.321 e. The first-order chi connectivity index (χ1) is 9.85. The number of hydrogen-bond donors (Lipinski definition) is 3. The molecule has 1 rings (SSSR count). The number of benzene rings is 1. The number of aliphatic hydroxyl groups is 1. The van der Waals surface area contributed by atoms with E-state index >= 15 is 0 Å². The number of halogens is 1. The van der Waals surface area contributed by atoms with E-state index in [1.807, 2.05) is 0 Å². The van der Waals surface area contributed by atoms with Gasteiger partial charge in [0.1, 0.15) is 5.75 Å². The van der Waals surface area contributed by atoms with E-state index < -0.39 is 24.1 Å². The Morgan fingerprint density at radius 1 is 1.38 bits per heavy atom. The number of rotatable bonds is 5. The summed E-state index contributed by atoms with van der Waals surface area (Å²) in [6, 6.07) is 4.58. The van der Waals surface area contributed by atoms with Crippen LogP contribution in [0, 0.1) is 0 Å². The van der Waals surface area contributed by atoms with Crippen molar-refractivity contribution in [1.82, 2.24) is 10.6 Å². The molecule has 0 aliphatic carbocycles. The minimum Gasteiger partial charge on any atom is -0.480 e. The Labute approximate surface area is 132 Å². The molecule has 1 unspecified atom stereocenters. The van der Waals surface area contributed by atoms with Crippen molar-refractivity contribution in [3.05, 3.63) is 28.2 Å². The summed E-state index contributed by atoms with van der Waals surface area (Å²) in [5, 5.41) is 14.3. The predicted octanol–water partition coefficient (Wildman–Crippen LogP) is 2.12. The van der Waals surface area contributed by atoms with Gasteiger partial charge in [0.25, 0.3) is 5.91 Å². The molecule has 0 aromatic heterocycles. The van der Waals surface area contributed by atoms with Crippen LogP contribution in [-0.4, -0.2) is 29.7 Å². The maximum atomic E-state index is 11.8. The first-order valence-electron chi connectivity index (χ1n) is 6.58. The highest BCUT2D eigenvalue weighted by molar-refractivity contribution is 9.10. The average molecular weight is 359 g/mol. The van der Waals surface area contributed by atoms with Gasteiger partial charge < -0.3 is 15.2 Å². The van der Waals surface area contributed by atoms with Crippen LogP contribution in [-0.2, 0) is 4.79 Å². The highest BCUT2D eigenvalue weighted by Crippen LogP contribution is 2.29. The second-order valence-corrected chi connectivity index (χ2v) is 5.38. The van der Waals surface area contributed by atoms with Crippen molar-refractivity contribution in [2.24, 2.45) is 0 Å². The van der Waals surface area contributed by atoms with Crippen LogP contribution in [0.1, 0.15) is 32.4 Å². The largest absolute Gasteiger partial charge is 0.480 e. The molecule has 0 saturated carbocycles. The fourth-order valence-corrected chi connectivity index (χ4v) is 1.96. The number of imide groups is 1. The van der Waals surface area contributed by atoms with E-state index in [4.69, 9.17) is 4.74 Å². The summed E-state index contributed by atoms with van der Waals surface area (Å²) in [5.41, 5.74) is 0.566. The number of carbonyl (C=O) groups is 2. The van der Waals surface area contributed by atoms with E-state index in [0.29, 0.717) is 17.9 Å². The zero-order chi connectivity index (χ0) is 16.0. The van der Waals surface area contributed by atoms with Crippen LogP contribution in [0.25, 0.3) is 0 Å². The van der Waals surface area contributed by atoms with Gasteiger partial charge in [-0.25, -0.2) is 4.79 Å². The van der Waals surface area contributed by atoms with Crippen molar-refractivity contribution in [3.8, 4) is 5.75 Å². The predicted molar refractivity (Wildman–Crippen MR) is 82.1 cm³/mol. The Bertz CT molecular complexity index is 520. The SMILES string of the molecule is CCNC(=O)NC(=O)C(C)Oc1cc(Br)ccc1[C@H](C)O. The van der Waals surface area contributed by atoms with E-state index in [2.05, 4.69) is 26.6 Å². The minimum absolute atomic E-state index is 0.387. The fraction of sp³-hybridized carbons (Fsp3) is 0.429. The van der Waals surface area contributed by atoms with Crippen LogP contribution in [0.2, 0.25) is 0 Å². The van der Waals surface area contributed by atoms with Gasteiger partial charge in [-0.3, -0.25) is 10.1 Å². The Balaban J connectivity index is 2.78. The van der Waals surface area contributed by atoms with Gasteiger partial charge in [0.15, 0.2) is 6.10 Å². The van der Waals surface area contributed by atoms with Gasteiger partial charge in [0.05, 0.1) is 6.10 Å². The van der Waals surface area contributed by atoms with Crippen LogP contribution in [0.3, 0.4) is 0 Å². The number of urea groups is 1. The normalized spacial score (nSPS) is 13.2. The number of hydrogen-bond acceptors (Lipinski definition) is 4. The average Bonchev–Trinajstić information content (AvgIpc) is 2.38. The third kappa shape index (κ3) is 5.35. The molecule has 7 heteroatoms. The number of aliphatic hydroxyl groups excluding tert-OH is 1. The van der Waals surface area contributed by atoms with Gasteiger partial charge in [-0.15, -0.1) is 0 Å². The Kier molecular flexibility index (Phi) is 6.64. The van der Waals surface area contributed by atoms with Gasteiger partial charge in [0.2, 0.25) is 0 Å². The second kappa shape index (κ2) is 7.99. The van der Waals surface area contributed by atoms with Crippen molar-refractivity contribution >= 4 is 27.9 Å². The molecule has 3 N–H and O–H groups in total. The second-order valence-electron chi connectivity index (χ2n) is 4.47. The molecule has 1 aromatic carbocycles. The summed E-state index contributed by atoms with van der Waals surface area (Å²) < 4.78 is 6.31. The van der Waals surface area contributed by atoms with Crippen molar-refractivity contribution < 1.29 is 19.4 Å². The first-order valence-corrected chi connectivity index (χ1v) is 7.37. The lowest BCUT2D eigenvalue weighted by atomic mass is 10.1. The van der Waals surface area contributed by atoms with E-state index in [1.165, 1.54) is 6.92 Å². The van der Waals surface area contributed by atoms with Crippen LogP contribution in [0.4, 0.5) is 4.79 Å². The third-order valence-corrected chi connectivity index (χ3v) is 3.17. The molecule has 116 valence electrons. The molecule has 3 amide bonds. The molecular weight excluding hydrogens is 340 g/mol. The number of carbonyl (C=O) groups excluding carboxylic acids is 2. The zero-order valence-electron chi connectivity index (χ0n) is 12.1. The van der Waals surface area contributed by atoms with E-state index in [0.717, 1.165) is 4.47 Å². The summed E-state index contributed by atoms with van der Waals surface area (Å²) >= 11 is 3.31. The van der Waals surface area contributed by atoms with Crippen molar-refractivity contribution in [2.75, 3.05) is 6.54 Å². The monoisotopic (exact) mass is 358 g/mol. The lowest BCUT2D eigenvalue weighted by molar-refractivity contribution is -0.126. The lowest BCUT2D eigenvalue weighted by Gasteiger charge is -2.18. The number of nitrogens with one attached hydrogen (secondary N) is 2. The highest BCUT2D eigenvalue weighted by atomic mass is 79.9. The third-order valence-electron chi connectivity index (χ3n) is 2.67. The molecule has 0 aliphatic rings. The van der Waals surface area contributed by atoms with Crippen molar-refractivity contribution in [2.45, 2.75) is 33.0 Å². The topological polar surface area (TPSA) is 87.7 Å². The van der Waals surface area contributed by atoms with E-state index in [-0.39, 0.29) is 0 Å². The standard InChI is InChI=1S/C14H19BrN2O4/c1-4-16-14(20)17-13(19)9(3)21-12-7-10(15)5-6-11(12)8(2)18/h5-9,18H,4H2,1-3H3,(H2,16,17,19,20)/t8-,9?/m0/s1. The molecule has 21 heavy (non-hydrogen) atoms. The van der Waals surface area contributed by atoms with Crippen LogP contribution in [0.5, 0.6) is 5.75 Å². The first kappa shape index (κ1) is 17.5. The molecule has 6 nitrogen and oxygen atoms in total. The summed E-state index contributed by atoms with van der Waals surface area (Å²) in [6.07, 6.45) is -1.61. The van der Waals surface area contributed by atoms with Gasteiger partial charge >= 0.3 is 6.03 Å². The molecule has 1 aromatic rings. The van der Waals surface area contributed by atoms with E-state index in [1.54, 1.807) is 32.0 Å².